The second-order valence-electron chi connectivity index (χ2n) is 9.03. The highest BCUT2D eigenvalue weighted by atomic mass is 16.5. The van der Waals surface area contributed by atoms with E-state index in [0.29, 0.717) is 17.1 Å². The Labute approximate surface area is 219 Å². The molecule has 0 atom stereocenters. The van der Waals surface area contributed by atoms with Gasteiger partial charge < -0.3 is 15.8 Å². The van der Waals surface area contributed by atoms with Crippen LogP contribution in [-0.4, -0.2) is 21.1 Å². The van der Waals surface area contributed by atoms with Crippen molar-refractivity contribution in [2.24, 2.45) is 0 Å². The van der Waals surface area contributed by atoms with E-state index in [-0.39, 0.29) is 5.91 Å². The number of pyridine rings is 1. The van der Waals surface area contributed by atoms with Gasteiger partial charge in [-0.3, -0.25) is 9.89 Å². The topological polar surface area (TPSA) is 106 Å². The molecule has 4 N–H and O–H groups in total. The number of H-pyrrole nitrogens is 1. The first-order chi connectivity index (χ1) is 18.6. The highest BCUT2D eigenvalue weighted by Gasteiger charge is 2.19. The molecule has 7 nitrogen and oxygen atoms in total. The van der Waals surface area contributed by atoms with Crippen LogP contribution >= 0.6 is 0 Å². The number of fused-ring (bicyclic) bond motifs is 1. The van der Waals surface area contributed by atoms with E-state index in [4.69, 9.17) is 15.5 Å². The molecular formula is C31H25N5O2. The summed E-state index contributed by atoms with van der Waals surface area (Å²) in [5, 5.41) is 11.0. The van der Waals surface area contributed by atoms with Gasteiger partial charge in [-0.1, -0.05) is 54.6 Å². The lowest BCUT2D eigenvalue weighted by Crippen LogP contribution is -2.11. The largest absolute Gasteiger partial charge is 0.462 e. The van der Waals surface area contributed by atoms with E-state index in [9.17, 15) is 4.79 Å². The number of carbonyl (C=O) groups excluding carboxylic acids is 1. The summed E-state index contributed by atoms with van der Waals surface area (Å²) in [6.07, 6.45) is 5.55. The number of nitrogens with two attached hydrogens (primary N) is 1. The summed E-state index contributed by atoms with van der Waals surface area (Å²) in [6.45, 7) is 0. The van der Waals surface area contributed by atoms with Crippen LogP contribution in [0.2, 0.25) is 0 Å². The number of hydrogen-bond acceptors (Lipinski definition) is 5. The maximum atomic E-state index is 12.5. The molecule has 1 aliphatic rings. The van der Waals surface area contributed by atoms with Crippen molar-refractivity contribution in [3.63, 3.8) is 0 Å². The number of rotatable bonds is 6. The first kappa shape index (κ1) is 23.2. The SMILES string of the molecule is Nc1n[nH]c2cc(-c3ccc(NC(=O)c4ccccc4)cc3)nc(C3=CC=C(Oc4ccccc4)CC3)c12. The van der Waals surface area contributed by atoms with Crippen molar-refractivity contribution >= 4 is 33.9 Å². The fourth-order valence-corrected chi connectivity index (χ4v) is 4.51. The summed E-state index contributed by atoms with van der Waals surface area (Å²) in [5.74, 6) is 1.99. The fraction of sp³-hybridized carbons (Fsp3) is 0.0645. The Balaban J connectivity index is 1.28. The van der Waals surface area contributed by atoms with Crippen molar-refractivity contribution < 1.29 is 9.53 Å². The van der Waals surface area contributed by atoms with E-state index in [2.05, 4.69) is 15.5 Å². The van der Waals surface area contributed by atoms with Gasteiger partial charge in [0.05, 0.1) is 22.3 Å². The number of anilines is 2. The molecule has 1 aliphatic carbocycles. The molecule has 2 aromatic heterocycles. The molecule has 7 heteroatoms. The highest BCUT2D eigenvalue weighted by molar-refractivity contribution is 6.04. The van der Waals surface area contributed by atoms with Crippen molar-refractivity contribution in [3.05, 3.63) is 120 Å². The molecule has 0 spiro atoms. The maximum absolute atomic E-state index is 12.5. The van der Waals surface area contributed by atoms with Crippen molar-refractivity contribution in [1.82, 2.24) is 15.2 Å². The molecule has 0 saturated heterocycles. The number of carbonyl (C=O) groups is 1. The van der Waals surface area contributed by atoms with Crippen LogP contribution in [0.15, 0.2) is 109 Å². The van der Waals surface area contributed by atoms with Gasteiger partial charge in [-0.25, -0.2) is 4.98 Å². The van der Waals surface area contributed by atoms with Gasteiger partial charge in [0.1, 0.15) is 11.5 Å². The van der Waals surface area contributed by atoms with Gasteiger partial charge in [-0.15, -0.1) is 0 Å². The Bertz CT molecular complexity index is 1670. The van der Waals surface area contributed by atoms with Crippen LogP contribution in [0.1, 0.15) is 28.9 Å². The number of hydrogen-bond donors (Lipinski definition) is 3. The monoisotopic (exact) mass is 499 g/mol. The predicted octanol–water partition coefficient (Wildman–Crippen LogP) is 6.60. The summed E-state index contributed by atoms with van der Waals surface area (Å²) in [7, 11) is 0. The molecule has 0 unspecified atom stereocenters. The minimum Gasteiger partial charge on any atom is -0.462 e. The summed E-state index contributed by atoms with van der Waals surface area (Å²) >= 11 is 0. The third-order valence-electron chi connectivity index (χ3n) is 6.45. The second kappa shape index (κ2) is 10.1. The average Bonchev–Trinajstić information content (AvgIpc) is 3.35. The van der Waals surface area contributed by atoms with Crippen LogP contribution < -0.4 is 15.8 Å². The van der Waals surface area contributed by atoms with Crippen molar-refractivity contribution in [2.45, 2.75) is 12.8 Å². The second-order valence-corrected chi connectivity index (χ2v) is 9.03. The predicted molar refractivity (Wildman–Crippen MR) is 150 cm³/mol. The van der Waals surface area contributed by atoms with Gasteiger partial charge in [0, 0.05) is 23.2 Å². The number of para-hydroxylation sites is 1. The highest BCUT2D eigenvalue weighted by Crippen LogP contribution is 2.35. The Kier molecular flexibility index (Phi) is 6.16. The van der Waals surface area contributed by atoms with Crippen molar-refractivity contribution in [3.8, 4) is 17.0 Å². The minimum absolute atomic E-state index is 0.152. The van der Waals surface area contributed by atoms with Gasteiger partial charge in [-0.05, 0) is 60.5 Å². The summed E-state index contributed by atoms with van der Waals surface area (Å²) in [5.41, 5.74) is 11.9. The number of aromatic nitrogens is 3. The number of amides is 1. The van der Waals surface area contributed by atoms with E-state index in [1.165, 1.54) is 0 Å². The third-order valence-corrected chi connectivity index (χ3v) is 6.45. The normalized spacial score (nSPS) is 13.1. The molecule has 38 heavy (non-hydrogen) atoms. The van der Waals surface area contributed by atoms with Gasteiger partial charge in [0.25, 0.3) is 5.91 Å². The molecule has 2 heterocycles. The summed E-state index contributed by atoms with van der Waals surface area (Å²) in [4.78, 5) is 17.5. The minimum atomic E-state index is -0.152. The molecule has 3 aromatic carbocycles. The van der Waals surface area contributed by atoms with E-state index in [0.717, 1.165) is 57.8 Å². The summed E-state index contributed by atoms with van der Waals surface area (Å²) < 4.78 is 6.02. The van der Waals surface area contributed by atoms with Gasteiger partial charge >= 0.3 is 0 Å². The molecular weight excluding hydrogens is 474 g/mol. The zero-order valence-corrected chi connectivity index (χ0v) is 20.5. The number of nitrogen functional groups attached to an aromatic ring is 1. The molecule has 1 amide bonds. The van der Waals surface area contributed by atoms with Crippen LogP contribution in [0, 0.1) is 0 Å². The summed E-state index contributed by atoms with van der Waals surface area (Å²) in [6, 6.07) is 28.5. The molecule has 6 rings (SSSR count). The van der Waals surface area contributed by atoms with Crippen LogP contribution in [0.3, 0.4) is 0 Å². The number of ether oxygens (including phenoxy) is 1. The van der Waals surface area contributed by atoms with Crippen molar-refractivity contribution in [1.29, 1.82) is 0 Å². The molecule has 0 radical (unpaired) electrons. The standard InChI is InChI=1S/C31H25N5O2/c32-30-28-27(35-36-30)19-26(20-11-15-23(16-12-20)33-31(37)22-7-3-1-4-8-22)34-29(28)21-13-17-25(18-14-21)38-24-9-5-2-6-10-24/h1-13,15-17,19H,14,18H2,(H,33,37)(H3,32,35,36). The quantitative estimate of drug-likeness (QED) is 0.244. The van der Waals surface area contributed by atoms with E-state index in [1.54, 1.807) is 12.1 Å². The molecule has 5 aromatic rings. The number of allylic oxidation sites excluding steroid dienone is 4. The Morgan fingerprint density at radius 3 is 2.34 bits per heavy atom. The van der Waals surface area contributed by atoms with Crippen LogP contribution in [-0.2, 0) is 0 Å². The van der Waals surface area contributed by atoms with Gasteiger partial charge in [0.2, 0.25) is 0 Å². The number of aromatic amines is 1. The van der Waals surface area contributed by atoms with Crippen LogP contribution in [0.5, 0.6) is 5.75 Å². The Morgan fingerprint density at radius 2 is 1.63 bits per heavy atom. The van der Waals surface area contributed by atoms with Gasteiger partial charge in [0.15, 0.2) is 5.82 Å². The third kappa shape index (κ3) is 4.77. The zero-order valence-electron chi connectivity index (χ0n) is 20.5. The van der Waals surface area contributed by atoms with E-state index in [1.807, 2.05) is 91.0 Å². The van der Waals surface area contributed by atoms with Crippen LogP contribution in [0.4, 0.5) is 11.5 Å². The lowest BCUT2D eigenvalue weighted by Gasteiger charge is -2.17. The number of nitrogens with zero attached hydrogens (tertiary/aromatic N) is 2. The van der Waals surface area contributed by atoms with Gasteiger partial charge in [-0.2, -0.15) is 5.10 Å². The molecule has 0 fully saturated rings. The first-order valence-corrected chi connectivity index (χ1v) is 12.4. The molecule has 186 valence electrons. The lowest BCUT2D eigenvalue weighted by atomic mass is 9.97. The molecule has 0 bridgehead atoms. The first-order valence-electron chi connectivity index (χ1n) is 12.4. The average molecular weight is 500 g/mol. The van der Waals surface area contributed by atoms with Crippen molar-refractivity contribution in [2.75, 3.05) is 11.1 Å². The zero-order chi connectivity index (χ0) is 25.9. The van der Waals surface area contributed by atoms with Crippen LogP contribution in [0.25, 0.3) is 27.7 Å². The number of nitrogens with one attached hydrogen (secondary N) is 2. The Hall–Kier alpha value is -5.17. The Morgan fingerprint density at radius 1 is 0.895 bits per heavy atom. The van der Waals surface area contributed by atoms with E-state index >= 15 is 0 Å². The molecule has 0 saturated carbocycles. The maximum Gasteiger partial charge on any atom is 0.255 e. The fourth-order valence-electron chi connectivity index (χ4n) is 4.51. The lowest BCUT2D eigenvalue weighted by molar-refractivity contribution is 0.102. The number of benzene rings is 3. The van der Waals surface area contributed by atoms with E-state index < -0.39 is 0 Å². The smallest absolute Gasteiger partial charge is 0.255 e. The molecule has 0 aliphatic heterocycles.